The zero-order chi connectivity index (χ0) is 20.8. The molecule has 0 aliphatic carbocycles. The number of aromatic nitrogens is 1. The number of hydrogen-bond acceptors (Lipinski definition) is 4. The van der Waals surface area contributed by atoms with Crippen LogP contribution in [-0.2, 0) is 4.79 Å². The van der Waals surface area contributed by atoms with E-state index in [9.17, 15) is 10.1 Å². The molecular formula is C24H23N3OS. The first kappa shape index (κ1) is 20.6. The molecule has 0 saturated carbocycles. The number of benzene rings is 2. The van der Waals surface area contributed by atoms with E-state index in [1.165, 1.54) is 17.3 Å². The lowest BCUT2D eigenvalue weighted by molar-refractivity contribution is -0.115. The quantitative estimate of drug-likeness (QED) is 0.541. The van der Waals surface area contributed by atoms with Crippen LogP contribution in [0.25, 0.3) is 11.3 Å². The van der Waals surface area contributed by atoms with E-state index < -0.39 is 0 Å². The number of nitrogens with one attached hydrogen (secondary N) is 1. The van der Waals surface area contributed by atoms with Crippen LogP contribution in [-0.4, -0.2) is 16.6 Å². The predicted octanol–water partition coefficient (Wildman–Crippen LogP) is 5.67. The van der Waals surface area contributed by atoms with Crippen LogP contribution >= 0.6 is 11.8 Å². The molecule has 1 heterocycles. The van der Waals surface area contributed by atoms with Crippen molar-refractivity contribution in [3.8, 4) is 17.3 Å². The lowest BCUT2D eigenvalue weighted by atomic mass is 10.1. The predicted molar refractivity (Wildman–Crippen MR) is 119 cm³/mol. The number of pyridine rings is 1. The number of nitrogens with zero attached hydrogens (tertiary/aromatic N) is 2. The maximum atomic E-state index is 12.4. The van der Waals surface area contributed by atoms with E-state index in [4.69, 9.17) is 0 Å². The molecule has 0 radical (unpaired) electrons. The summed E-state index contributed by atoms with van der Waals surface area (Å²) in [6, 6.07) is 19.9. The zero-order valence-corrected chi connectivity index (χ0v) is 17.6. The summed E-state index contributed by atoms with van der Waals surface area (Å²) in [5.41, 5.74) is 6.52. The highest BCUT2D eigenvalue weighted by atomic mass is 32.2. The molecule has 5 heteroatoms. The zero-order valence-electron chi connectivity index (χ0n) is 16.8. The summed E-state index contributed by atoms with van der Waals surface area (Å²) in [5.74, 6) is 0.513. The van der Waals surface area contributed by atoms with E-state index in [2.05, 4.69) is 16.4 Å². The van der Waals surface area contributed by atoms with E-state index in [1.54, 1.807) is 6.07 Å². The van der Waals surface area contributed by atoms with Gasteiger partial charge in [-0.2, -0.15) is 5.26 Å². The van der Waals surface area contributed by atoms with Gasteiger partial charge < -0.3 is 5.32 Å². The van der Waals surface area contributed by atoms with Gasteiger partial charge in [0.1, 0.15) is 11.1 Å². The number of para-hydroxylation sites is 1. The fraction of sp³-hybridized carbons (Fsp3) is 0.208. The van der Waals surface area contributed by atoms with Crippen LogP contribution in [0, 0.1) is 32.1 Å². The van der Waals surface area contributed by atoms with Crippen molar-refractivity contribution < 1.29 is 4.79 Å². The highest BCUT2D eigenvalue weighted by Crippen LogP contribution is 2.26. The Labute approximate surface area is 176 Å². The number of aryl methyl sites for hydroxylation is 3. The van der Waals surface area contributed by atoms with Crippen LogP contribution in [0.15, 0.2) is 59.6 Å². The first-order valence-corrected chi connectivity index (χ1v) is 10.4. The summed E-state index contributed by atoms with van der Waals surface area (Å²) in [5, 5.41) is 13.1. The van der Waals surface area contributed by atoms with Gasteiger partial charge in [0.25, 0.3) is 0 Å². The third kappa shape index (κ3) is 5.24. The van der Waals surface area contributed by atoms with Crippen molar-refractivity contribution in [1.29, 1.82) is 5.26 Å². The summed E-state index contributed by atoms with van der Waals surface area (Å²) >= 11 is 1.44. The number of hydrogen-bond donors (Lipinski definition) is 1. The lowest BCUT2D eigenvalue weighted by Crippen LogP contribution is -2.14. The van der Waals surface area contributed by atoms with Crippen molar-refractivity contribution in [2.75, 3.05) is 11.1 Å². The minimum atomic E-state index is -0.0388. The summed E-state index contributed by atoms with van der Waals surface area (Å²) in [6.45, 7) is 6.01. The Balaban J connectivity index is 1.66. The largest absolute Gasteiger partial charge is 0.326 e. The Kier molecular flexibility index (Phi) is 6.69. The van der Waals surface area contributed by atoms with Gasteiger partial charge in [-0.1, -0.05) is 48.0 Å². The molecule has 146 valence electrons. The SMILES string of the molecule is Cc1ccc(-c2ccc(C#N)c(SCCC(=O)Nc3c(C)cccc3C)n2)cc1. The van der Waals surface area contributed by atoms with Crippen molar-refractivity contribution in [2.45, 2.75) is 32.2 Å². The fourth-order valence-corrected chi connectivity index (χ4v) is 3.89. The molecule has 0 unspecified atom stereocenters. The number of amides is 1. The highest BCUT2D eigenvalue weighted by Gasteiger charge is 2.11. The molecule has 3 rings (SSSR count). The van der Waals surface area contributed by atoms with Crippen molar-refractivity contribution >= 4 is 23.4 Å². The number of rotatable bonds is 6. The van der Waals surface area contributed by atoms with Gasteiger partial charge in [-0.25, -0.2) is 4.98 Å². The van der Waals surface area contributed by atoms with Crippen LogP contribution in [0.4, 0.5) is 5.69 Å². The van der Waals surface area contributed by atoms with E-state index in [0.717, 1.165) is 28.1 Å². The number of anilines is 1. The van der Waals surface area contributed by atoms with Gasteiger partial charge in [0.05, 0.1) is 11.3 Å². The Morgan fingerprint density at radius 3 is 2.38 bits per heavy atom. The van der Waals surface area contributed by atoms with Gasteiger partial charge >= 0.3 is 0 Å². The van der Waals surface area contributed by atoms with Gasteiger partial charge in [-0.15, -0.1) is 11.8 Å². The summed E-state index contributed by atoms with van der Waals surface area (Å²) < 4.78 is 0. The first-order valence-electron chi connectivity index (χ1n) is 9.45. The van der Waals surface area contributed by atoms with Crippen LogP contribution in [0.2, 0.25) is 0 Å². The molecule has 0 atom stereocenters. The third-order valence-corrected chi connectivity index (χ3v) is 5.63. The van der Waals surface area contributed by atoms with E-state index in [0.29, 0.717) is 22.8 Å². The maximum Gasteiger partial charge on any atom is 0.225 e. The molecule has 0 saturated heterocycles. The molecule has 29 heavy (non-hydrogen) atoms. The topological polar surface area (TPSA) is 65.8 Å². The second-order valence-electron chi connectivity index (χ2n) is 6.94. The van der Waals surface area contributed by atoms with Crippen molar-refractivity contribution in [3.05, 3.63) is 76.9 Å². The smallest absolute Gasteiger partial charge is 0.225 e. The van der Waals surface area contributed by atoms with Crippen LogP contribution in [0.3, 0.4) is 0 Å². The monoisotopic (exact) mass is 401 g/mol. The molecule has 0 bridgehead atoms. The Morgan fingerprint density at radius 2 is 1.72 bits per heavy atom. The van der Waals surface area contributed by atoms with Crippen LogP contribution < -0.4 is 5.32 Å². The average molecular weight is 402 g/mol. The minimum absolute atomic E-state index is 0.0388. The summed E-state index contributed by atoms with van der Waals surface area (Å²) in [4.78, 5) is 17.0. The van der Waals surface area contributed by atoms with Gasteiger partial charge in [0, 0.05) is 23.4 Å². The molecular weight excluding hydrogens is 378 g/mol. The van der Waals surface area contributed by atoms with Gasteiger partial charge in [-0.05, 0) is 44.0 Å². The maximum absolute atomic E-state index is 12.4. The molecule has 0 aliphatic heterocycles. The lowest BCUT2D eigenvalue weighted by Gasteiger charge is -2.11. The van der Waals surface area contributed by atoms with Crippen LogP contribution in [0.1, 0.15) is 28.7 Å². The molecule has 0 fully saturated rings. The Bertz CT molecular complexity index is 1050. The van der Waals surface area contributed by atoms with E-state index in [-0.39, 0.29) is 5.91 Å². The molecule has 4 nitrogen and oxygen atoms in total. The average Bonchev–Trinajstić information content (AvgIpc) is 2.71. The molecule has 3 aromatic rings. The standard InChI is InChI=1S/C24H23N3OS/c1-16-7-9-19(10-8-16)21-12-11-20(15-25)24(26-21)29-14-13-22(28)27-23-17(2)5-4-6-18(23)3/h4-12H,13-14H2,1-3H3,(H,27,28). The number of thioether (sulfide) groups is 1. The fourth-order valence-electron chi connectivity index (χ4n) is 2.97. The highest BCUT2D eigenvalue weighted by molar-refractivity contribution is 7.99. The van der Waals surface area contributed by atoms with Crippen molar-refractivity contribution in [1.82, 2.24) is 4.98 Å². The van der Waals surface area contributed by atoms with E-state index in [1.807, 2.05) is 69.3 Å². The molecule has 1 N–H and O–H groups in total. The van der Waals surface area contributed by atoms with Gasteiger partial charge in [0.2, 0.25) is 5.91 Å². The second kappa shape index (κ2) is 9.40. The number of nitriles is 1. The second-order valence-corrected chi connectivity index (χ2v) is 8.02. The molecule has 0 spiro atoms. The first-order chi connectivity index (χ1) is 14.0. The summed E-state index contributed by atoms with van der Waals surface area (Å²) in [7, 11) is 0. The summed E-state index contributed by atoms with van der Waals surface area (Å²) in [6.07, 6.45) is 0.347. The molecule has 0 aliphatic rings. The molecule has 1 amide bonds. The third-order valence-electron chi connectivity index (χ3n) is 4.64. The molecule has 1 aromatic heterocycles. The Morgan fingerprint density at radius 1 is 1.03 bits per heavy atom. The van der Waals surface area contributed by atoms with Gasteiger partial charge in [0.15, 0.2) is 0 Å². The van der Waals surface area contributed by atoms with Crippen molar-refractivity contribution in [3.63, 3.8) is 0 Å². The Hall–Kier alpha value is -3.10. The number of carbonyl (C=O) groups is 1. The number of carbonyl (C=O) groups excluding carboxylic acids is 1. The minimum Gasteiger partial charge on any atom is -0.326 e. The van der Waals surface area contributed by atoms with Gasteiger partial charge in [-0.3, -0.25) is 4.79 Å². The van der Waals surface area contributed by atoms with E-state index >= 15 is 0 Å². The van der Waals surface area contributed by atoms with Crippen LogP contribution in [0.5, 0.6) is 0 Å². The van der Waals surface area contributed by atoms with Crippen molar-refractivity contribution in [2.24, 2.45) is 0 Å². The molecule has 2 aromatic carbocycles. The normalized spacial score (nSPS) is 10.4.